The Labute approximate surface area is 102 Å². The van der Waals surface area contributed by atoms with E-state index in [1.807, 2.05) is 0 Å². The van der Waals surface area contributed by atoms with E-state index in [1.54, 1.807) is 0 Å². The number of hydrogen-bond donors (Lipinski definition) is 2. The smallest absolute Gasteiger partial charge is 0.316 e. The average Bonchev–Trinajstić information content (AvgIpc) is 2.19. The number of carbonyl (C=O) groups is 1. The van der Waals surface area contributed by atoms with Gasteiger partial charge in [-0.2, -0.15) is 0 Å². The molecule has 1 fully saturated rings. The summed E-state index contributed by atoms with van der Waals surface area (Å²) in [5.74, 6) is -1.58. The van der Waals surface area contributed by atoms with E-state index in [9.17, 15) is 14.3 Å². The minimum atomic E-state index is -1.14. The van der Waals surface area contributed by atoms with Crippen LogP contribution in [0.5, 0.6) is 0 Å². The van der Waals surface area contributed by atoms with Crippen LogP contribution in [0.2, 0.25) is 5.02 Å². The van der Waals surface area contributed by atoms with Crippen molar-refractivity contribution >= 4 is 17.6 Å². The molecule has 0 spiro atoms. The Morgan fingerprint density at radius 3 is 2.65 bits per heavy atom. The molecule has 0 aliphatic carbocycles. The highest BCUT2D eigenvalue weighted by Gasteiger charge is 2.51. The minimum absolute atomic E-state index is 0.0541. The summed E-state index contributed by atoms with van der Waals surface area (Å²) in [6.45, 7) is 0.108. The summed E-state index contributed by atoms with van der Waals surface area (Å²) >= 11 is 5.64. The predicted octanol–water partition coefficient (Wildman–Crippen LogP) is 1.58. The Balaban J connectivity index is 2.33. The minimum Gasteiger partial charge on any atom is -0.481 e. The maximum atomic E-state index is 13.0. The highest BCUT2D eigenvalue weighted by atomic mass is 35.5. The lowest BCUT2D eigenvalue weighted by atomic mass is 9.75. The van der Waals surface area contributed by atoms with Gasteiger partial charge in [0.25, 0.3) is 0 Å². The molecule has 1 aromatic carbocycles. The van der Waals surface area contributed by atoms with Crippen LogP contribution >= 0.6 is 11.6 Å². The zero-order chi connectivity index (χ0) is 12.6. The maximum Gasteiger partial charge on any atom is 0.316 e. The van der Waals surface area contributed by atoms with Gasteiger partial charge in [0, 0.05) is 0 Å². The molecule has 1 saturated heterocycles. The Morgan fingerprint density at radius 1 is 1.59 bits per heavy atom. The molecular weight excluding hydrogens is 249 g/mol. The largest absolute Gasteiger partial charge is 0.481 e. The van der Waals surface area contributed by atoms with Gasteiger partial charge in [-0.25, -0.2) is 4.39 Å². The molecule has 1 aromatic rings. The zero-order valence-electron chi connectivity index (χ0n) is 8.82. The molecule has 3 N–H and O–H groups in total. The first-order chi connectivity index (χ1) is 7.97. The SMILES string of the molecule is NC(c1ccc(F)c(Cl)c1)C1(C(=O)O)COC1. The molecule has 6 heteroatoms. The summed E-state index contributed by atoms with van der Waals surface area (Å²) in [5, 5.41) is 9.10. The van der Waals surface area contributed by atoms with E-state index in [0.717, 1.165) is 0 Å². The summed E-state index contributed by atoms with van der Waals surface area (Å²) in [6, 6.07) is 3.19. The number of aliphatic carboxylic acids is 1. The number of hydrogen-bond acceptors (Lipinski definition) is 3. The fourth-order valence-electron chi connectivity index (χ4n) is 1.78. The molecule has 0 radical (unpaired) electrons. The van der Waals surface area contributed by atoms with Crippen LogP contribution in [0.3, 0.4) is 0 Å². The number of ether oxygens (including phenoxy) is 1. The molecule has 0 amide bonds. The van der Waals surface area contributed by atoms with Crippen molar-refractivity contribution in [1.29, 1.82) is 0 Å². The predicted molar refractivity (Wildman–Crippen MR) is 59.2 cm³/mol. The molecule has 2 rings (SSSR count). The molecule has 1 unspecified atom stereocenters. The van der Waals surface area contributed by atoms with E-state index in [2.05, 4.69) is 0 Å². The molecule has 0 bridgehead atoms. The van der Waals surface area contributed by atoms with Crippen molar-refractivity contribution in [2.75, 3.05) is 13.2 Å². The van der Waals surface area contributed by atoms with Crippen molar-refractivity contribution in [2.24, 2.45) is 11.1 Å². The van der Waals surface area contributed by atoms with E-state index in [-0.39, 0.29) is 18.2 Å². The molecule has 92 valence electrons. The molecule has 1 heterocycles. The summed E-state index contributed by atoms with van der Waals surface area (Å²) in [4.78, 5) is 11.2. The van der Waals surface area contributed by atoms with Crippen molar-refractivity contribution < 1.29 is 19.0 Å². The second-order valence-corrected chi connectivity index (χ2v) is 4.51. The van der Waals surface area contributed by atoms with Crippen LogP contribution in [-0.4, -0.2) is 24.3 Å². The highest BCUT2D eigenvalue weighted by molar-refractivity contribution is 6.30. The summed E-state index contributed by atoms with van der Waals surface area (Å²) in [7, 11) is 0. The van der Waals surface area contributed by atoms with E-state index in [0.29, 0.717) is 5.56 Å². The summed E-state index contributed by atoms with van der Waals surface area (Å²) in [5.41, 5.74) is 5.26. The van der Waals surface area contributed by atoms with Crippen molar-refractivity contribution in [2.45, 2.75) is 6.04 Å². The van der Waals surface area contributed by atoms with Crippen molar-refractivity contribution in [3.63, 3.8) is 0 Å². The van der Waals surface area contributed by atoms with E-state index < -0.39 is 23.2 Å². The number of benzene rings is 1. The quantitative estimate of drug-likeness (QED) is 0.864. The van der Waals surface area contributed by atoms with Crippen molar-refractivity contribution in [1.82, 2.24) is 0 Å². The van der Waals surface area contributed by atoms with Crippen LogP contribution in [0.15, 0.2) is 18.2 Å². The van der Waals surface area contributed by atoms with Gasteiger partial charge in [-0.15, -0.1) is 0 Å². The van der Waals surface area contributed by atoms with Crippen LogP contribution in [0.4, 0.5) is 4.39 Å². The molecule has 1 aliphatic heterocycles. The monoisotopic (exact) mass is 259 g/mol. The second kappa shape index (κ2) is 4.25. The van der Waals surface area contributed by atoms with Crippen molar-refractivity contribution in [3.8, 4) is 0 Å². The van der Waals surface area contributed by atoms with Gasteiger partial charge in [-0.1, -0.05) is 17.7 Å². The van der Waals surface area contributed by atoms with Crippen LogP contribution in [0.25, 0.3) is 0 Å². The third-order valence-electron chi connectivity index (χ3n) is 3.04. The second-order valence-electron chi connectivity index (χ2n) is 4.11. The fraction of sp³-hybridized carbons (Fsp3) is 0.364. The lowest BCUT2D eigenvalue weighted by Crippen LogP contribution is -2.55. The Hall–Kier alpha value is -1.17. The van der Waals surface area contributed by atoms with Gasteiger partial charge in [0.05, 0.1) is 24.3 Å². The van der Waals surface area contributed by atoms with Gasteiger partial charge in [0.2, 0.25) is 0 Å². The lowest BCUT2D eigenvalue weighted by Gasteiger charge is -2.41. The number of halogens is 2. The van der Waals surface area contributed by atoms with Gasteiger partial charge in [-0.3, -0.25) is 4.79 Å². The Morgan fingerprint density at radius 2 is 2.24 bits per heavy atom. The first kappa shape index (κ1) is 12.3. The molecule has 1 atom stereocenters. The molecule has 0 saturated carbocycles. The average molecular weight is 260 g/mol. The standard InChI is InChI=1S/C11H11ClFNO3/c12-7-3-6(1-2-8(7)13)9(14)11(10(15)16)4-17-5-11/h1-3,9H,4-5,14H2,(H,15,16). The maximum absolute atomic E-state index is 13.0. The molecule has 1 aliphatic rings. The van der Waals surface area contributed by atoms with Gasteiger partial charge in [0.15, 0.2) is 0 Å². The third kappa shape index (κ3) is 1.90. The summed E-state index contributed by atoms with van der Waals surface area (Å²) in [6.07, 6.45) is 0. The zero-order valence-corrected chi connectivity index (χ0v) is 9.58. The number of rotatable bonds is 3. The fourth-order valence-corrected chi connectivity index (χ4v) is 1.97. The van der Waals surface area contributed by atoms with Gasteiger partial charge >= 0.3 is 5.97 Å². The van der Waals surface area contributed by atoms with E-state index in [4.69, 9.17) is 22.1 Å². The van der Waals surface area contributed by atoms with E-state index in [1.165, 1.54) is 18.2 Å². The van der Waals surface area contributed by atoms with Gasteiger partial charge in [-0.05, 0) is 17.7 Å². The molecular formula is C11H11ClFNO3. The topological polar surface area (TPSA) is 72.6 Å². The Kier molecular flexibility index (Phi) is 3.07. The van der Waals surface area contributed by atoms with Crippen LogP contribution in [0, 0.1) is 11.2 Å². The van der Waals surface area contributed by atoms with E-state index >= 15 is 0 Å². The Bertz CT molecular complexity index is 462. The first-order valence-electron chi connectivity index (χ1n) is 4.99. The lowest BCUT2D eigenvalue weighted by molar-refractivity contribution is -0.184. The molecule has 0 aromatic heterocycles. The third-order valence-corrected chi connectivity index (χ3v) is 3.33. The van der Waals surface area contributed by atoms with Crippen LogP contribution in [0.1, 0.15) is 11.6 Å². The highest BCUT2D eigenvalue weighted by Crippen LogP contribution is 2.40. The number of carboxylic acids is 1. The molecule has 17 heavy (non-hydrogen) atoms. The van der Waals surface area contributed by atoms with Gasteiger partial charge < -0.3 is 15.6 Å². The van der Waals surface area contributed by atoms with Crippen LogP contribution < -0.4 is 5.73 Å². The van der Waals surface area contributed by atoms with Gasteiger partial charge in [0.1, 0.15) is 11.2 Å². The number of carboxylic acid groups (broad SMARTS) is 1. The van der Waals surface area contributed by atoms with Crippen LogP contribution in [-0.2, 0) is 9.53 Å². The first-order valence-corrected chi connectivity index (χ1v) is 5.37. The summed E-state index contributed by atoms with van der Waals surface area (Å²) < 4.78 is 17.9. The number of nitrogens with two attached hydrogens (primary N) is 1. The normalized spacial score (nSPS) is 19.5. The van der Waals surface area contributed by atoms with Crippen molar-refractivity contribution in [3.05, 3.63) is 34.6 Å². The molecule has 4 nitrogen and oxygen atoms in total.